The summed E-state index contributed by atoms with van der Waals surface area (Å²) in [5.41, 5.74) is 1.03. The number of carbonyl (C=O) groups excluding carboxylic acids is 1. The molecule has 122 valence electrons. The summed E-state index contributed by atoms with van der Waals surface area (Å²) in [6, 6.07) is 8.92. The van der Waals surface area contributed by atoms with Gasteiger partial charge in [0, 0.05) is 13.1 Å². The molecule has 0 aliphatic carbocycles. The van der Waals surface area contributed by atoms with Crippen LogP contribution in [0.4, 0.5) is 0 Å². The fraction of sp³-hybridized carbons (Fsp3) is 0.333. The van der Waals surface area contributed by atoms with Gasteiger partial charge >= 0.3 is 0 Å². The third kappa shape index (κ3) is 3.59. The van der Waals surface area contributed by atoms with Gasteiger partial charge in [-0.2, -0.15) is 4.72 Å². The lowest BCUT2D eigenvalue weighted by atomic mass is 10.0. The zero-order valence-electron chi connectivity index (χ0n) is 12.5. The molecule has 1 atom stereocenters. The average molecular weight is 334 g/mol. The Morgan fingerprint density at radius 1 is 1.30 bits per heavy atom. The molecule has 7 nitrogen and oxygen atoms in total. The maximum Gasteiger partial charge on any atom is 0.258 e. The molecule has 2 N–H and O–H groups in total. The molecule has 1 saturated heterocycles. The highest BCUT2D eigenvalue weighted by Gasteiger charge is 2.32. The molecule has 1 aromatic heterocycles. The van der Waals surface area contributed by atoms with Crippen LogP contribution in [0.15, 0.2) is 47.9 Å². The predicted molar refractivity (Wildman–Crippen MR) is 83.8 cm³/mol. The van der Waals surface area contributed by atoms with Gasteiger partial charge in [-0.1, -0.05) is 30.3 Å². The number of hydrogen-bond donors (Lipinski definition) is 2. The van der Waals surface area contributed by atoms with Crippen LogP contribution in [-0.2, 0) is 21.4 Å². The van der Waals surface area contributed by atoms with E-state index in [-0.39, 0.29) is 10.9 Å². The number of aromatic amines is 1. The summed E-state index contributed by atoms with van der Waals surface area (Å²) < 4.78 is 26.9. The number of likely N-dealkylation sites (tertiary alicyclic amines) is 1. The average Bonchev–Trinajstić information content (AvgIpc) is 3.07. The van der Waals surface area contributed by atoms with Crippen LogP contribution in [-0.4, -0.2) is 41.8 Å². The van der Waals surface area contributed by atoms with Crippen molar-refractivity contribution in [1.29, 1.82) is 0 Å². The minimum absolute atomic E-state index is 0.0366. The molecule has 1 aliphatic heterocycles. The van der Waals surface area contributed by atoms with Crippen LogP contribution in [0.5, 0.6) is 0 Å². The molecule has 0 bridgehead atoms. The number of aromatic nitrogens is 2. The second kappa shape index (κ2) is 6.51. The summed E-state index contributed by atoms with van der Waals surface area (Å²) in [7, 11) is -3.76. The number of piperidine rings is 1. The first-order valence-electron chi connectivity index (χ1n) is 7.40. The van der Waals surface area contributed by atoms with Gasteiger partial charge in [-0.25, -0.2) is 13.4 Å². The van der Waals surface area contributed by atoms with Gasteiger partial charge < -0.3 is 9.88 Å². The fourth-order valence-electron chi connectivity index (χ4n) is 2.65. The first kappa shape index (κ1) is 15.7. The number of rotatable bonds is 5. The third-order valence-corrected chi connectivity index (χ3v) is 5.20. The Bertz CT molecular complexity index is 759. The highest BCUT2D eigenvalue weighted by molar-refractivity contribution is 7.89. The van der Waals surface area contributed by atoms with Crippen LogP contribution in [0.25, 0.3) is 0 Å². The lowest BCUT2D eigenvalue weighted by Gasteiger charge is -2.32. The molecule has 23 heavy (non-hydrogen) atoms. The van der Waals surface area contributed by atoms with Crippen molar-refractivity contribution in [1.82, 2.24) is 19.6 Å². The van der Waals surface area contributed by atoms with Gasteiger partial charge in [-0.05, 0) is 18.4 Å². The lowest BCUT2D eigenvalue weighted by Crippen LogP contribution is -2.51. The first-order valence-corrected chi connectivity index (χ1v) is 8.88. The number of hydrogen-bond acceptors (Lipinski definition) is 4. The smallest absolute Gasteiger partial charge is 0.258 e. The van der Waals surface area contributed by atoms with Gasteiger partial charge in [-0.15, -0.1) is 0 Å². The molecule has 1 amide bonds. The standard InChI is InChI=1S/C15H18N4O3S/c20-15-13(18-23(21,22)14-9-16-11-17-14)7-4-8-19(15)10-12-5-2-1-3-6-12/h1-3,5-6,9,11,13,18H,4,7-8,10H2,(H,16,17)/t13-/m1/s1. The molecule has 0 spiro atoms. The number of sulfonamides is 1. The van der Waals surface area contributed by atoms with Gasteiger partial charge in [0.2, 0.25) is 5.91 Å². The summed E-state index contributed by atoms with van der Waals surface area (Å²) in [4.78, 5) is 20.5. The van der Waals surface area contributed by atoms with Gasteiger partial charge in [0.25, 0.3) is 10.0 Å². The molecule has 8 heteroatoms. The molecule has 1 aromatic carbocycles. The van der Waals surface area contributed by atoms with Gasteiger partial charge in [-0.3, -0.25) is 4.79 Å². The van der Waals surface area contributed by atoms with E-state index in [1.807, 2.05) is 30.3 Å². The zero-order valence-corrected chi connectivity index (χ0v) is 13.3. The van der Waals surface area contributed by atoms with Crippen LogP contribution in [0, 0.1) is 0 Å². The minimum Gasteiger partial charge on any atom is -0.337 e. The van der Waals surface area contributed by atoms with Crippen molar-refractivity contribution in [3.05, 3.63) is 48.4 Å². The normalized spacial score (nSPS) is 19.0. The summed E-state index contributed by atoms with van der Waals surface area (Å²) >= 11 is 0. The molecule has 2 heterocycles. The van der Waals surface area contributed by atoms with Crippen LogP contribution in [0.1, 0.15) is 18.4 Å². The molecular weight excluding hydrogens is 316 g/mol. The Balaban J connectivity index is 1.70. The number of H-pyrrole nitrogens is 1. The van der Waals surface area contributed by atoms with Crippen LogP contribution >= 0.6 is 0 Å². The number of nitrogens with zero attached hydrogens (tertiary/aromatic N) is 2. The van der Waals surface area contributed by atoms with Crippen molar-refractivity contribution in [2.45, 2.75) is 30.5 Å². The molecule has 0 radical (unpaired) electrons. The third-order valence-electron chi connectivity index (χ3n) is 3.81. The van der Waals surface area contributed by atoms with E-state index >= 15 is 0 Å². The second-order valence-electron chi connectivity index (χ2n) is 5.48. The Morgan fingerprint density at radius 2 is 2.09 bits per heavy atom. The Labute approximate surface area is 134 Å². The Hall–Kier alpha value is -2.19. The van der Waals surface area contributed by atoms with Crippen molar-refractivity contribution in [2.75, 3.05) is 6.54 Å². The van der Waals surface area contributed by atoms with Gasteiger partial charge in [0.1, 0.15) is 6.04 Å². The SMILES string of the molecule is O=C1[C@H](NS(=O)(=O)c2cnc[nH]2)CCCN1Cc1ccccc1. The number of amides is 1. The maximum absolute atomic E-state index is 12.6. The highest BCUT2D eigenvalue weighted by atomic mass is 32.2. The fourth-order valence-corrected chi connectivity index (χ4v) is 3.78. The van der Waals surface area contributed by atoms with E-state index in [1.165, 1.54) is 12.5 Å². The summed E-state index contributed by atoms with van der Waals surface area (Å²) in [6.07, 6.45) is 3.77. The van der Waals surface area contributed by atoms with Crippen molar-refractivity contribution < 1.29 is 13.2 Å². The number of nitrogens with one attached hydrogen (secondary N) is 2. The maximum atomic E-state index is 12.6. The zero-order chi connectivity index (χ0) is 16.3. The predicted octanol–water partition coefficient (Wildman–Crippen LogP) is 0.879. The topological polar surface area (TPSA) is 95.2 Å². The monoisotopic (exact) mass is 334 g/mol. The van der Waals surface area contributed by atoms with E-state index < -0.39 is 16.1 Å². The van der Waals surface area contributed by atoms with Crippen molar-refractivity contribution in [3.8, 4) is 0 Å². The van der Waals surface area contributed by atoms with E-state index in [9.17, 15) is 13.2 Å². The molecule has 1 fully saturated rings. The molecular formula is C15H18N4O3S. The summed E-state index contributed by atoms with van der Waals surface area (Å²) in [5, 5.41) is -0.0366. The molecule has 1 aliphatic rings. The quantitative estimate of drug-likeness (QED) is 0.848. The Morgan fingerprint density at radius 3 is 2.78 bits per heavy atom. The van der Waals surface area contributed by atoms with E-state index in [0.29, 0.717) is 19.5 Å². The molecule has 3 rings (SSSR count). The number of imidazole rings is 1. The largest absolute Gasteiger partial charge is 0.337 e. The number of benzene rings is 1. The van der Waals surface area contributed by atoms with Gasteiger partial charge in [0.05, 0.1) is 12.5 Å². The van der Waals surface area contributed by atoms with Crippen molar-refractivity contribution in [2.24, 2.45) is 0 Å². The molecule has 0 unspecified atom stereocenters. The van der Waals surface area contributed by atoms with Crippen LogP contribution in [0.3, 0.4) is 0 Å². The summed E-state index contributed by atoms with van der Waals surface area (Å²) in [5.74, 6) is -0.191. The molecule has 2 aromatic rings. The Kier molecular flexibility index (Phi) is 4.44. The van der Waals surface area contributed by atoms with Crippen LogP contribution in [0.2, 0.25) is 0 Å². The highest BCUT2D eigenvalue weighted by Crippen LogP contribution is 2.17. The van der Waals surface area contributed by atoms with E-state index in [4.69, 9.17) is 0 Å². The van der Waals surface area contributed by atoms with E-state index in [0.717, 1.165) is 12.0 Å². The van der Waals surface area contributed by atoms with Crippen molar-refractivity contribution in [3.63, 3.8) is 0 Å². The number of carbonyl (C=O) groups is 1. The van der Waals surface area contributed by atoms with E-state index in [2.05, 4.69) is 14.7 Å². The van der Waals surface area contributed by atoms with Gasteiger partial charge in [0.15, 0.2) is 5.03 Å². The minimum atomic E-state index is -3.76. The second-order valence-corrected chi connectivity index (χ2v) is 7.16. The first-order chi connectivity index (χ1) is 11.1. The van der Waals surface area contributed by atoms with E-state index in [1.54, 1.807) is 4.90 Å². The molecule has 0 saturated carbocycles. The summed E-state index contributed by atoms with van der Waals surface area (Å²) in [6.45, 7) is 1.12. The lowest BCUT2D eigenvalue weighted by molar-refractivity contribution is -0.136. The van der Waals surface area contributed by atoms with Crippen molar-refractivity contribution >= 4 is 15.9 Å². The van der Waals surface area contributed by atoms with Crippen LogP contribution < -0.4 is 4.72 Å².